The van der Waals surface area contributed by atoms with Gasteiger partial charge in [0.1, 0.15) is 5.82 Å². The molecule has 0 spiro atoms. The van der Waals surface area contributed by atoms with E-state index in [2.05, 4.69) is 0 Å². The fourth-order valence-electron chi connectivity index (χ4n) is 2.37. The Hall–Kier alpha value is -2.13. The van der Waals surface area contributed by atoms with Crippen LogP contribution in [-0.4, -0.2) is 9.67 Å². The van der Waals surface area contributed by atoms with Gasteiger partial charge in [-0.05, 0) is 53.8 Å². The second kappa shape index (κ2) is 4.52. The number of hydrogen-bond acceptors (Lipinski definition) is 1. The summed E-state index contributed by atoms with van der Waals surface area (Å²) in [6, 6.07) is 12.6. The monoisotopic (exact) mass is 255 g/mol. The normalized spacial score (nSPS) is 11.1. The molecule has 0 aliphatic heterocycles. The quantitative estimate of drug-likeness (QED) is 0.744. The van der Waals surface area contributed by atoms with E-state index in [9.17, 15) is 9.50 Å². The van der Waals surface area contributed by atoms with E-state index in [-0.39, 0.29) is 12.4 Å². The Morgan fingerprint density at radius 2 is 1.95 bits per heavy atom. The molecule has 0 saturated heterocycles. The van der Waals surface area contributed by atoms with Crippen molar-refractivity contribution in [2.75, 3.05) is 0 Å². The fraction of sp³-hybridized carbons (Fsp3) is 0.125. The third-order valence-electron chi connectivity index (χ3n) is 3.36. The molecule has 0 bridgehead atoms. The lowest BCUT2D eigenvalue weighted by atomic mass is 10.1. The lowest BCUT2D eigenvalue weighted by Gasteiger charge is -2.10. The van der Waals surface area contributed by atoms with Crippen molar-refractivity contribution < 1.29 is 9.50 Å². The van der Waals surface area contributed by atoms with Crippen LogP contribution in [0.1, 0.15) is 11.1 Å². The van der Waals surface area contributed by atoms with Crippen LogP contribution in [0.4, 0.5) is 4.39 Å². The standard InChI is InChI=1S/C16H14FNO/c1-11-8-14(17)4-5-15(11)18-7-6-13-3-2-12(10-19)9-16(13)18/h2-9,19H,10H2,1H3. The molecular weight excluding hydrogens is 241 g/mol. The van der Waals surface area contributed by atoms with Crippen molar-refractivity contribution in [2.45, 2.75) is 13.5 Å². The van der Waals surface area contributed by atoms with Gasteiger partial charge in [0.15, 0.2) is 0 Å². The van der Waals surface area contributed by atoms with E-state index in [1.54, 1.807) is 6.07 Å². The Morgan fingerprint density at radius 1 is 1.11 bits per heavy atom. The van der Waals surface area contributed by atoms with Crippen LogP contribution in [0.2, 0.25) is 0 Å². The van der Waals surface area contributed by atoms with Crippen LogP contribution in [-0.2, 0) is 6.61 Å². The fourth-order valence-corrected chi connectivity index (χ4v) is 2.37. The number of aryl methyl sites for hydroxylation is 1. The summed E-state index contributed by atoms with van der Waals surface area (Å²) in [6.07, 6.45) is 1.96. The van der Waals surface area contributed by atoms with E-state index in [4.69, 9.17) is 0 Å². The number of halogens is 1. The van der Waals surface area contributed by atoms with Crippen LogP contribution >= 0.6 is 0 Å². The summed E-state index contributed by atoms with van der Waals surface area (Å²) < 4.78 is 15.2. The number of nitrogens with zero attached hydrogens (tertiary/aromatic N) is 1. The number of rotatable bonds is 2. The minimum Gasteiger partial charge on any atom is -0.392 e. The highest BCUT2D eigenvalue weighted by Gasteiger charge is 2.07. The third-order valence-corrected chi connectivity index (χ3v) is 3.36. The van der Waals surface area contributed by atoms with Crippen molar-refractivity contribution in [1.29, 1.82) is 0 Å². The smallest absolute Gasteiger partial charge is 0.123 e. The maximum Gasteiger partial charge on any atom is 0.123 e. The molecule has 1 aromatic heterocycles. The zero-order valence-electron chi connectivity index (χ0n) is 10.6. The summed E-state index contributed by atoms with van der Waals surface area (Å²) in [5, 5.41) is 10.3. The topological polar surface area (TPSA) is 25.2 Å². The molecule has 96 valence electrons. The summed E-state index contributed by atoms with van der Waals surface area (Å²) in [5.41, 5.74) is 3.71. The van der Waals surface area contributed by atoms with Crippen molar-refractivity contribution in [3.63, 3.8) is 0 Å². The molecule has 2 nitrogen and oxygen atoms in total. The summed E-state index contributed by atoms with van der Waals surface area (Å²) in [7, 11) is 0. The second-order valence-corrected chi connectivity index (χ2v) is 4.67. The lowest BCUT2D eigenvalue weighted by Crippen LogP contribution is -1.96. The molecule has 19 heavy (non-hydrogen) atoms. The van der Waals surface area contributed by atoms with Crippen LogP contribution in [0.3, 0.4) is 0 Å². The molecule has 3 rings (SSSR count). The van der Waals surface area contributed by atoms with E-state index in [0.29, 0.717) is 0 Å². The molecule has 0 aliphatic rings. The van der Waals surface area contributed by atoms with Gasteiger partial charge in [-0.3, -0.25) is 0 Å². The molecule has 0 amide bonds. The molecule has 0 fully saturated rings. The predicted octanol–water partition coefficient (Wildman–Crippen LogP) is 3.57. The highest BCUT2D eigenvalue weighted by molar-refractivity contribution is 5.82. The number of aromatic nitrogens is 1. The second-order valence-electron chi connectivity index (χ2n) is 4.67. The first-order valence-corrected chi connectivity index (χ1v) is 6.16. The zero-order chi connectivity index (χ0) is 13.4. The van der Waals surface area contributed by atoms with Gasteiger partial charge in [-0.15, -0.1) is 0 Å². The first kappa shape index (κ1) is 11.9. The number of aliphatic hydroxyl groups excluding tert-OH is 1. The minimum atomic E-state index is -0.228. The average molecular weight is 255 g/mol. The molecule has 0 atom stereocenters. The Morgan fingerprint density at radius 3 is 2.68 bits per heavy atom. The maximum absolute atomic E-state index is 13.2. The molecule has 3 heteroatoms. The third kappa shape index (κ3) is 2.02. The van der Waals surface area contributed by atoms with Gasteiger partial charge in [-0.25, -0.2) is 4.39 Å². The summed E-state index contributed by atoms with van der Waals surface area (Å²) in [5.74, 6) is -0.228. The van der Waals surface area contributed by atoms with Crippen molar-refractivity contribution in [1.82, 2.24) is 4.57 Å². The van der Waals surface area contributed by atoms with Crippen molar-refractivity contribution in [3.05, 3.63) is 65.6 Å². The Kier molecular flexibility index (Phi) is 2.84. The Labute approximate surface area is 110 Å². The van der Waals surface area contributed by atoms with Crippen molar-refractivity contribution in [3.8, 4) is 5.69 Å². The van der Waals surface area contributed by atoms with Crippen LogP contribution in [0.5, 0.6) is 0 Å². The summed E-state index contributed by atoms with van der Waals surface area (Å²) in [6.45, 7) is 1.91. The Balaban J connectivity index is 2.24. The van der Waals surface area contributed by atoms with E-state index in [1.165, 1.54) is 12.1 Å². The number of hydrogen-bond donors (Lipinski definition) is 1. The van der Waals surface area contributed by atoms with Crippen LogP contribution in [0.25, 0.3) is 16.6 Å². The molecule has 1 heterocycles. The van der Waals surface area contributed by atoms with Gasteiger partial charge < -0.3 is 9.67 Å². The van der Waals surface area contributed by atoms with E-state index >= 15 is 0 Å². The minimum absolute atomic E-state index is 0.0174. The average Bonchev–Trinajstić information content (AvgIpc) is 2.81. The first-order valence-electron chi connectivity index (χ1n) is 6.16. The van der Waals surface area contributed by atoms with E-state index < -0.39 is 0 Å². The summed E-state index contributed by atoms with van der Waals surface area (Å²) in [4.78, 5) is 0. The van der Waals surface area contributed by atoms with Crippen molar-refractivity contribution in [2.24, 2.45) is 0 Å². The van der Waals surface area contributed by atoms with Gasteiger partial charge in [0.2, 0.25) is 0 Å². The van der Waals surface area contributed by atoms with E-state index in [0.717, 1.165) is 27.7 Å². The highest BCUT2D eigenvalue weighted by atomic mass is 19.1. The summed E-state index contributed by atoms with van der Waals surface area (Å²) >= 11 is 0. The molecule has 3 aromatic rings. The van der Waals surface area contributed by atoms with E-state index in [1.807, 2.05) is 42.0 Å². The molecule has 0 saturated carbocycles. The maximum atomic E-state index is 13.2. The molecule has 0 aliphatic carbocycles. The number of aliphatic hydroxyl groups is 1. The van der Waals surface area contributed by atoms with Gasteiger partial charge in [0.05, 0.1) is 12.1 Å². The van der Waals surface area contributed by atoms with Crippen molar-refractivity contribution >= 4 is 10.9 Å². The van der Waals surface area contributed by atoms with Gasteiger partial charge in [0.25, 0.3) is 0 Å². The lowest BCUT2D eigenvalue weighted by molar-refractivity contribution is 0.282. The Bertz CT molecular complexity index is 746. The van der Waals surface area contributed by atoms with Crippen LogP contribution in [0, 0.1) is 12.7 Å². The number of fused-ring (bicyclic) bond motifs is 1. The number of benzene rings is 2. The van der Waals surface area contributed by atoms with Crippen LogP contribution in [0.15, 0.2) is 48.7 Å². The molecular formula is C16H14FNO. The molecule has 0 unspecified atom stereocenters. The van der Waals surface area contributed by atoms with Crippen LogP contribution < -0.4 is 0 Å². The van der Waals surface area contributed by atoms with Gasteiger partial charge >= 0.3 is 0 Å². The zero-order valence-corrected chi connectivity index (χ0v) is 10.6. The predicted molar refractivity (Wildman–Crippen MR) is 73.9 cm³/mol. The molecule has 1 N–H and O–H groups in total. The molecule has 0 radical (unpaired) electrons. The largest absolute Gasteiger partial charge is 0.392 e. The molecule has 2 aromatic carbocycles. The highest BCUT2D eigenvalue weighted by Crippen LogP contribution is 2.24. The van der Waals surface area contributed by atoms with Gasteiger partial charge in [0, 0.05) is 11.9 Å². The van der Waals surface area contributed by atoms with Gasteiger partial charge in [-0.1, -0.05) is 12.1 Å². The van der Waals surface area contributed by atoms with Gasteiger partial charge in [-0.2, -0.15) is 0 Å². The SMILES string of the molecule is Cc1cc(F)ccc1-n1ccc2ccc(CO)cc21. The first-order chi connectivity index (χ1) is 9.19.